The first-order valence-corrected chi connectivity index (χ1v) is 5.68. The summed E-state index contributed by atoms with van der Waals surface area (Å²) >= 11 is 3.34. The fraction of sp³-hybridized carbons (Fsp3) is 0.308. The number of aliphatic hydroxyl groups is 1. The van der Waals surface area contributed by atoms with Gasteiger partial charge in [0.15, 0.2) is 11.5 Å². The van der Waals surface area contributed by atoms with Crippen molar-refractivity contribution in [2.75, 3.05) is 21.3 Å². The van der Waals surface area contributed by atoms with Crippen LogP contribution in [0.1, 0.15) is 5.56 Å². The van der Waals surface area contributed by atoms with Crippen LogP contribution in [0.5, 0.6) is 17.2 Å². The first kappa shape index (κ1) is 28.9. The third-order valence-electron chi connectivity index (χ3n) is 2.02. The van der Waals surface area contributed by atoms with Crippen molar-refractivity contribution < 1.29 is 50.6 Å². The van der Waals surface area contributed by atoms with Crippen LogP contribution < -0.4 is 14.2 Å². The Morgan fingerprint density at radius 3 is 1.64 bits per heavy atom. The van der Waals surface area contributed by atoms with E-state index in [9.17, 15) is 0 Å². The van der Waals surface area contributed by atoms with Crippen molar-refractivity contribution in [3.05, 3.63) is 36.1 Å². The Kier molecular flexibility index (Phi) is 26.0. The zero-order valence-electron chi connectivity index (χ0n) is 12.0. The fourth-order valence-corrected chi connectivity index (χ4v) is 1.87. The standard InChI is InChI=1S/C10H13BrO4.3CO.Cr/c1-13-7-4-6(5-12)8(11)10(15-3)9(7)14-2;3*1-2;/h4,12H,5H2,1-3H3;;;;. The molecule has 9 heteroatoms. The molecule has 0 aliphatic heterocycles. The maximum absolute atomic E-state index is 9.14. The second kappa shape index (κ2) is 19.8. The molecule has 0 amide bonds. The molecule has 1 aromatic rings. The number of benzene rings is 1. The van der Waals surface area contributed by atoms with Crippen molar-refractivity contribution in [2.24, 2.45) is 0 Å². The first-order valence-electron chi connectivity index (χ1n) is 4.89. The summed E-state index contributed by atoms with van der Waals surface area (Å²) in [5.41, 5.74) is 0.685. The summed E-state index contributed by atoms with van der Waals surface area (Å²) in [6, 6.07) is 1.70. The summed E-state index contributed by atoms with van der Waals surface area (Å²) in [6.07, 6.45) is 0. The van der Waals surface area contributed by atoms with E-state index in [0.29, 0.717) is 27.3 Å². The normalized spacial score (nSPS) is 7.05. The van der Waals surface area contributed by atoms with Gasteiger partial charge in [0.2, 0.25) is 5.75 Å². The maximum Gasteiger partial charge on any atom is 0 e. The molecule has 0 radical (unpaired) electrons. The van der Waals surface area contributed by atoms with Gasteiger partial charge in [-0.2, -0.15) is 0 Å². The zero-order valence-corrected chi connectivity index (χ0v) is 14.8. The van der Waals surface area contributed by atoms with Gasteiger partial charge in [-0.15, -0.1) is 0 Å². The molecule has 0 bridgehead atoms. The van der Waals surface area contributed by atoms with Crippen LogP contribution in [0.25, 0.3) is 0 Å². The summed E-state index contributed by atoms with van der Waals surface area (Å²) in [4.78, 5) is 0. The van der Waals surface area contributed by atoms with E-state index in [2.05, 4.69) is 35.9 Å². The molecule has 0 fully saturated rings. The van der Waals surface area contributed by atoms with Crippen LogP contribution in [0.3, 0.4) is 0 Å². The Morgan fingerprint density at radius 2 is 1.36 bits per heavy atom. The molecule has 7 nitrogen and oxygen atoms in total. The van der Waals surface area contributed by atoms with E-state index in [-0.39, 0.29) is 24.0 Å². The smallest absolute Gasteiger partial charge is 0 e. The molecule has 0 aromatic heterocycles. The number of methoxy groups -OCH3 is 3. The molecule has 0 heterocycles. The molecule has 0 saturated carbocycles. The van der Waals surface area contributed by atoms with Crippen LogP contribution in [-0.4, -0.2) is 26.4 Å². The molecule has 0 aliphatic carbocycles. The van der Waals surface area contributed by atoms with Crippen LogP contribution in [-0.2, 0) is 37.9 Å². The Bertz CT molecular complexity index is 457. The molecule has 0 spiro atoms. The van der Waals surface area contributed by atoms with E-state index in [1.165, 1.54) is 21.3 Å². The molecular weight excluding hydrogens is 400 g/mol. The number of rotatable bonds is 4. The van der Waals surface area contributed by atoms with Crippen LogP contribution >= 0.6 is 15.9 Å². The predicted octanol–water partition coefficient (Wildman–Crippen LogP) is 1.85. The Hall–Kier alpha value is -1.19. The second-order valence-electron chi connectivity index (χ2n) is 2.78. The van der Waals surface area contributed by atoms with Crippen molar-refractivity contribution in [2.45, 2.75) is 6.61 Å². The quantitative estimate of drug-likeness (QED) is 0.601. The summed E-state index contributed by atoms with van der Waals surface area (Å²) in [5, 5.41) is 9.14. The predicted molar refractivity (Wildman–Crippen MR) is 71.5 cm³/mol. The van der Waals surface area contributed by atoms with Crippen molar-refractivity contribution in [1.82, 2.24) is 0 Å². The van der Waals surface area contributed by atoms with E-state index in [1.807, 2.05) is 0 Å². The largest absolute Gasteiger partial charge is 0 e. The van der Waals surface area contributed by atoms with Gasteiger partial charge in [-0.1, -0.05) is 0 Å². The Morgan fingerprint density at radius 1 is 0.955 bits per heavy atom. The summed E-state index contributed by atoms with van der Waals surface area (Å²) < 4.78 is 38.7. The third kappa shape index (κ3) is 8.30. The number of hydrogen-bond acceptors (Lipinski definition) is 4. The van der Waals surface area contributed by atoms with Crippen LogP contribution in [0.2, 0.25) is 0 Å². The molecule has 1 rings (SSSR count). The topological polar surface area (TPSA) is 108 Å². The molecule has 0 aliphatic rings. The zero-order chi connectivity index (χ0) is 17.4. The van der Waals surface area contributed by atoms with Gasteiger partial charge in [-0.3, -0.25) is 0 Å². The summed E-state index contributed by atoms with van der Waals surface area (Å²) in [5.74, 6) is 1.55. The fourth-order valence-electron chi connectivity index (χ4n) is 1.29. The molecule has 120 valence electrons. The van der Waals surface area contributed by atoms with Crippen molar-refractivity contribution >= 4 is 15.9 Å². The van der Waals surface area contributed by atoms with Gasteiger partial charge < -0.3 is 19.3 Å². The van der Waals surface area contributed by atoms with E-state index in [1.54, 1.807) is 6.07 Å². The number of halogens is 1. The minimum Gasteiger partial charge on any atom is 0 e. The van der Waals surface area contributed by atoms with E-state index < -0.39 is 0 Å². The number of ether oxygens (including phenoxy) is 3. The third-order valence-corrected chi connectivity index (χ3v) is 2.88. The minimum absolute atomic E-state index is 0. The Balaban J connectivity index is -0.000000206. The van der Waals surface area contributed by atoms with Gasteiger partial charge in [0.1, 0.15) is 0 Å². The average Bonchev–Trinajstić information content (AvgIpc) is 2.59. The van der Waals surface area contributed by atoms with Crippen molar-refractivity contribution in [3.8, 4) is 17.2 Å². The molecular formula is C13H13BrCrO7. The SMILES string of the molecule is COc1cc(CO)c(Br)c(OC)c1OC.[C-]#[O+].[C-]#[O+].[C-]#[O+].[Cr]. The van der Waals surface area contributed by atoms with Crippen LogP contribution in [0.4, 0.5) is 0 Å². The monoisotopic (exact) mass is 412 g/mol. The van der Waals surface area contributed by atoms with Gasteiger partial charge >= 0.3 is 33.9 Å². The molecule has 0 saturated heterocycles. The molecule has 0 atom stereocenters. The molecule has 0 unspecified atom stereocenters. The molecule has 1 aromatic carbocycles. The van der Waals surface area contributed by atoms with Crippen molar-refractivity contribution in [1.29, 1.82) is 0 Å². The molecule has 22 heavy (non-hydrogen) atoms. The Labute approximate surface area is 148 Å². The van der Waals surface area contributed by atoms with Gasteiger partial charge in [-0.05, 0) is 27.6 Å². The van der Waals surface area contributed by atoms with Gasteiger partial charge in [0.25, 0.3) is 0 Å². The first-order chi connectivity index (χ1) is 10.2. The average molecular weight is 413 g/mol. The van der Waals surface area contributed by atoms with Crippen molar-refractivity contribution in [3.63, 3.8) is 0 Å². The maximum atomic E-state index is 9.14. The summed E-state index contributed by atoms with van der Waals surface area (Å²) in [7, 11) is 4.60. The van der Waals surface area contributed by atoms with Gasteiger partial charge in [0, 0.05) is 17.4 Å². The van der Waals surface area contributed by atoms with E-state index in [4.69, 9.17) is 33.3 Å². The minimum atomic E-state index is -0.0999. The number of aliphatic hydroxyl groups excluding tert-OH is 1. The molecule has 1 N–H and O–H groups in total. The van der Waals surface area contributed by atoms with Crippen LogP contribution in [0, 0.1) is 20.0 Å². The van der Waals surface area contributed by atoms with Gasteiger partial charge in [-0.25, -0.2) is 0 Å². The van der Waals surface area contributed by atoms with Gasteiger partial charge in [0.05, 0.1) is 32.4 Å². The van der Waals surface area contributed by atoms with Crippen LogP contribution in [0.15, 0.2) is 10.5 Å². The van der Waals surface area contributed by atoms with E-state index in [0.717, 1.165) is 0 Å². The second-order valence-corrected chi connectivity index (χ2v) is 3.57. The summed E-state index contributed by atoms with van der Waals surface area (Å²) in [6.45, 7) is 13.4. The van der Waals surface area contributed by atoms with E-state index >= 15 is 0 Å². The number of hydrogen-bond donors (Lipinski definition) is 1.